The van der Waals surface area contributed by atoms with Crippen LogP contribution in [-0.2, 0) is 13.2 Å². The van der Waals surface area contributed by atoms with Gasteiger partial charge in [0.1, 0.15) is 29.7 Å². The standard InChI is InChI=1S/C28H24FNO4/c1-4-30-15-19(23-13-21(32-3)8-9-24(23)30)12-26-28(31)27-17(2)10-22(14-25(27)34-26)33-16-18-6-5-7-20(29)11-18/h5-15H,4,16H2,1-3H3/b26-12-. The number of ether oxygens (including phenoxy) is 3. The molecule has 4 aromatic rings. The Balaban J connectivity index is 1.45. The number of halogens is 1. The van der Waals surface area contributed by atoms with Crippen LogP contribution in [0.4, 0.5) is 4.39 Å². The minimum absolute atomic E-state index is 0.163. The lowest BCUT2D eigenvalue weighted by molar-refractivity contribution is 0.101. The van der Waals surface area contributed by atoms with Gasteiger partial charge in [0.25, 0.3) is 0 Å². The minimum atomic E-state index is -0.308. The number of carbonyl (C=O) groups excluding carboxylic acids is 1. The number of methoxy groups -OCH3 is 1. The smallest absolute Gasteiger partial charge is 0.232 e. The SMILES string of the molecule is CCn1cc(/C=C2\Oc3cc(OCc4cccc(F)c4)cc(C)c3C2=O)c2cc(OC)ccc21. The molecule has 0 N–H and O–H groups in total. The number of aromatic nitrogens is 1. The number of ketones is 1. The Hall–Kier alpha value is -4.06. The van der Waals surface area contributed by atoms with E-state index in [0.29, 0.717) is 17.1 Å². The molecule has 0 atom stereocenters. The molecule has 1 aliphatic heterocycles. The number of rotatable bonds is 6. The van der Waals surface area contributed by atoms with Gasteiger partial charge >= 0.3 is 0 Å². The summed E-state index contributed by atoms with van der Waals surface area (Å²) in [4.78, 5) is 13.2. The highest BCUT2D eigenvalue weighted by molar-refractivity contribution is 6.16. The van der Waals surface area contributed by atoms with Crippen LogP contribution in [0.15, 0.2) is 66.6 Å². The van der Waals surface area contributed by atoms with Gasteiger partial charge in [-0.25, -0.2) is 4.39 Å². The average molecular weight is 458 g/mol. The Labute approximate surface area is 197 Å². The lowest BCUT2D eigenvalue weighted by atomic mass is 10.0. The van der Waals surface area contributed by atoms with Gasteiger partial charge in [-0.15, -0.1) is 0 Å². The van der Waals surface area contributed by atoms with Crippen molar-refractivity contribution in [3.63, 3.8) is 0 Å². The zero-order valence-corrected chi connectivity index (χ0v) is 19.2. The van der Waals surface area contributed by atoms with Gasteiger partial charge in [-0.2, -0.15) is 0 Å². The summed E-state index contributed by atoms with van der Waals surface area (Å²) in [6.45, 7) is 4.94. The molecule has 2 heterocycles. The minimum Gasteiger partial charge on any atom is -0.497 e. The summed E-state index contributed by atoms with van der Waals surface area (Å²) in [7, 11) is 1.63. The van der Waals surface area contributed by atoms with Crippen molar-refractivity contribution in [3.05, 3.63) is 94.6 Å². The number of aryl methyl sites for hydroxylation is 2. The van der Waals surface area contributed by atoms with E-state index in [9.17, 15) is 9.18 Å². The molecule has 0 bridgehead atoms. The number of nitrogens with zero attached hydrogens (tertiary/aromatic N) is 1. The van der Waals surface area contributed by atoms with Gasteiger partial charge in [0.05, 0.1) is 12.7 Å². The molecule has 1 aromatic heterocycles. The van der Waals surface area contributed by atoms with Gasteiger partial charge in [-0.3, -0.25) is 4.79 Å². The molecule has 0 saturated heterocycles. The monoisotopic (exact) mass is 457 g/mol. The Bertz CT molecular complexity index is 1450. The van der Waals surface area contributed by atoms with Gasteiger partial charge in [0.15, 0.2) is 5.76 Å². The van der Waals surface area contributed by atoms with Crippen LogP contribution in [0.25, 0.3) is 17.0 Å². The van der Waals surface area contributed by atoms with Gasteiger partial charge in [0, 0.05) is 35.3 Å². The normalized spacial score (nSPS) is 13.9. The van der Waals surface area contributed by atoms with Crippen molar-refractivity contribution in [2.75, 3.05) is 7.11 Å². The van der Waals surface area contributed by atoms with Gasteiger partial charge in [-0.1, -0.05) is 12.1 Å². The molecule has 0 saturated carbocycles. The second-order valence-electron chi connectivity index (χ2n) is 8.23. The highest BCUT2D eigenvalue weighted by Gasteiger charge is 2.30. The molecule has 3 aromatic carbocycles. The van der Waals surface area contributed by atoms with E-state index in [0.717, 1.165) is 39.9 Å². The van der Waals surface area contributed by atoms with Crippen LogP contribution in [0.1, 0.15) is 34.0 Å². The molecule has 172 valence electrons. The summed E-state index contributed by atoms with van der Waals surface area (Å²) in [6, 6.07) is 15.7. The van der Waals surface area contributed by atoms with Crippen LogP contribution >= 0.6 is 0 Å². The van der Waals surface area contributed by atoms with E-state index >= 15 is 0 Å². The summed E-state index contributed by atoms with van der Waals surface area (Å²) >= 11 is 0. The third-order valence-corrected chi connectivity index (χ3v) is 5.98. The topological polar surface area (TPSA) is 49.7 Å². The summed E-state index contributed by atoms with van der Waals surface area (Å²) in [5, 5.41) is 0.983. The molecule has 34 heavy (non-hydrogen) atoms. The van der Waals surface area contributed by atoms with E-state index in [1.165, 1.54) is 12.1 Å². The second-order valence-corrected chi connectivity index (χ2v) is 8.23. The van der Waals surface area contributed by atoms with Crippen molar-refractivity contribution >= 4 is 22.8 Å². The largest absolute Gasteiger partial charge is 0.497 e. The zero-order valence-electron chi connectivity index (χ0n) is 19.2. The number of Topliss-reactive ketones (excluding diaryl/α,β-unsaturated/α-hetero) is 1. The molecule has 0 fully saturated rings. The number of hydrogen-bond acceptors (Lipinski definition) is 4. The fourth-order valence-electron chi connectivity index (χ4n) is 4.30. The maximum absolute atomic E-state index is 13.4. The Kier molecular flexibility index (Phi) is 5.57. The number of allylic oxidation sites excluding steroid dienone is 1. The molecule has 1 aliphatic rings. The van der Waals surface area contributed by atoms with Crippen LogP contribution in [0.5, 0.6) is 17.2 Å². The predicted molar refractivity (Wildman–Crippen MR) is 129 cm³/mol. The van der Waals surface area contributed by atoms with Crippen molar-refractivity contribution in [1.29, 1.82) is 0 Å². The molecule has 0 amide bonds. The highest BCUT2D eigenvalue weighted by Crippen LogP contribution is 2.38. The number of hydrogen-bond donors (Lipinski definition) is 0. The van der Waals surface area contributed by atoms with Crippen molar-refractivity contribution in [2.24, 2.45) is 0 Å². The first-order valence-electron chi connectivity index (χ1n) is 11.1. The number of fused-ring (bicyclic) bond motifs is 2. The lowest BCUT2D eigenvalue weighted by Gasteiger charge is -2.09. The fraction of sp³-hybridized carbons (Fsp3) is 0.179. The molecule has 5 rings (SSSR count). The zero-order chi connectivity index (χ0) is 23.8. The molecule has 0 radical (unpaired) electrons. The van der Waals surface area contributed by atoms with Crippen molar-refractivity contribution < 1.29 is 23.4 Å². The van der Waals surface area contributed by atoms with E-state index in [-0.39, 0.29) is 24.0 Å². The van der Waals surface area contributed by atoms with Crippen LogP contribution in [0.2, 0.25) is 0 Å². The van der Waals surface area contributed by atoms with Crippen LogP contribution in [0.3, 0.4) is 0 Å². The van der Waals surface area contributed by atoms with Crippen molar-refractivity contribution in [1.82, 2.24) is 4.57 Å². The van der Waals surface area contributed by atoms with Gasteiger partial charge < -0.3 is 18.8 Å². The fourth-order valence-corrected chi connectivity index (χ4v) is 4.30. The lowest BCUT2D eigenvalue weighted by Crippen LogP contribution is -2.00. The van der Waals surface area contributed by atoms with Crippen molar-refractivity contribution in [3.8, 4) is 17.2 Å². The highest BCUT2D eigenvalue weighted by atomic mass is 19.1. The Morgan fingerprint density at radius 3 is 2.71 bits per heavy atom. The summed E-state index contributed by atoms with van der Waals surface area (Å²) in [5.41, 5.74) is 3.95. The third-order valence-electron chi connectivity index (χ3n) is 5.98. The average Bonchev–Trinajstić information content (AvgIpc) is 3.34. The van der Waals surface area contributed by atoms with E-state index in [2.05, 4.69) is 11.5 Å². The van der Waals surface area contributed by atoms with E-state index in [1.807, 2.05) is 31.3 Å². The van der Waals surface area contributed by atoms with Crippen molar-refractivity contribution in [2.45, 2.75) is 27.0 Å². The molecular weight excluding hydrogens is 433 g/mol. The molecule has 0 unspecified atom stereocenters. The molecule has 6 heteroatoms. The molecule has 0 spiro atoms. The third kappa shape index (κ3) is 3.92. The van der Waals surface area contributed by atoms with E-state index < -0.39 is 0 Å². The molecule has 5 nitrogen and oxygen atoms in total. The van der Waals surface area contributed by atoms with Gasteiger partial charge in [-0.05, 0) is 67.4 Å². The number of benzene rings is 3. The Morgan fingerprint density at radius 2 is 1.94 bits per heavy atom. The summed E-state index contributed by atoms with van der Waals surface area (Å²) < 4.78 is 32.8. The molecule has 0 aliphatic carbocycles. The first-order valence-corrected chi connectivity index (χ1v) is 11.1. The Morgan fingerprint density at radius 1 is 1.09 bits per heavy atom. The number of carbonyl (C=O) groups is 1. The quantitative estimate of drug-likeness (QED) is 0.318. The van der Waals surface area contributed by atoms with Crippen LogP contribution in [0, 0.1) is 12.7 Å². The van der Waals surface area contributed by atoms with Crippen LogP contribution in [-0.4, -0.2) is 17.5 Å². The summed E-state index contributed by atoms with van der Waals surface area (Å²) in [6.07, 6.45) is 3.79. The first-order chi connectivity index (χ1) is 16.5. The molecular formula is C28H24FNO4. The maximum Gasteiger partial charge on any atom is 0.232 e. The van der Waals surface area contributed by atoms with Gasteiger partial charge in [0.2, 0.25) is 5.78 Å². The maximum atomic E-state index is 13.4. The van der Waals surface area contributed by atoms with E-state index in [4.69, 9.17) is 14.2 Å². The second kappa shape index (κ2) is 8.71. The van der Waals surface area contributed by atoms with Crippen LogP contribution < -0.4 is 14.2 Å². The predicted octanol–water partition coefficient (Wildman–Crippen LogP) is 6.31. The van der Waals surface area contributed by atoms with E-state index in [1.54, 1.807) is 37.5 Å². The summed E-state index contributed by atoms with van der Waals surface area (Å²) in [5.74, 6) is 1.56. The first kappa shape index (κ1) is 21.8.